The van der Waals surface area contributed by atoms with E-state index >= 15 is 0 Å². The van der Waals surface area contributed by atoms with Gasteiger partial charge < -0.3 is 5.32 Å². The largest absolute Gasteiger partial charge is 0.368 e. The van der Waals surface area contributed by atoms with Crippen LogP contribution in [0.15, 0.2) is 41.8 Å². The fourth-order valence-electron chi connectivity index (χ4n) is 2.21. The number of nitrogens with zero attached hydrogens (tertiary/aromatic N) is 5. The zero-order chi connectivity index (χ0) is 15.4. The van der Waals surface area contributed by atoms with Crippen molar-refractivity contribution in [3.8, 4) is 6.07 Å². The van der Waals surface area contributed by atoms with Gasteiger partial charge in [0.25, 0.3) is 0 Å². The van der Waals surface area contributed by atoms with Crippen LogP contribution in [0.5, 0.6) is 0 Å². The number of nitriles is 1. The Morgan fingerprint density at radius 3 is 2.82 bits per heavy atom. The van der Waals surface area contributed by atoms with Crippen molar-refractivity contribution >= 4 is 23.2 Å². The Labute approximate surface area is 132 Å². The SMILES string of the molecule is CSc1nc2ccnn2c(NCCc2ccncc2)c1C#N. The summed E-state index contributed by atoms with van der Waals surface area (Å²) in [5.41, 5.74) is 2.45. The summed E-state index contributed by atoms with van der Waals surface area (Å²) in [6, 6.07) is 8.02. The van der Waals surface area contributed by atoms with Gasteiger partial charge in [-0.3, -0.25) is 4.98 Å². The molecule has 3 heterocycles. The van der Waals surface area contributed by atoms with Gasteiger partial charge in [0.15, 0.2) is 11.5 Å². The fraction of sp³-hybridized carbons (Fsp3) is 0.200. The topological polar surface area (TPSA) is 78.9 Å². The summed E-state index contributed by atoms with van der Waals surface area (Å²) in [6.07, 6.45) is 7.99. The molecule has 0 spiro atoms. The van der Waals surface area contributed by atoms with E-state index in [1.807, 2.05) is 24.5 Å². The molecule has 0 atom stereocenters. The van der Waals surface area contributed by atoms with Crippen molar-refractivity contribution in [3.05, 3.63) is 47.9 Å². The first-order chi connectivity index (χ1) is 10.8. The van der Waals surface area contributed by atoms with Crippen LogP contribution in [0.2, 0.25) is 0 Å². The van der Waals surface area contributed by atoms with Crippen molar-refractivity contribution in [2.75, 3.05) is 18.1 Å². The molecule has 3 aromatic heterocycles. The smallest absolute Gasteiger partial charge is 0.158 e. The van der Waals surface area contributed by atoms with Gasteiger partial charge in [-0.15, -0.1) is 11.8 Å². The first kappa shape index (κ1) is 14.4. The van der Waals surface area contributed by atoms with Crippen LogP contribution < -0.4 is 5.32 Å². The Morgan fingerprint density at radius 1 is 1.27 bits per heavy atom. The van der Waals surface area contributed by atoms with Crippen molar-refractivity contribution in [2.24, 2.45) is 0 Å². The lowest BCUT2D eigenvalue weighted by Crippen LogP contribution is -2.12. The highest BCUT2D eigenvalue weighted by atomic mass is 32.2. The van der Waals surface area contributed by atoms with E-state index in [-0.39, 0.29) is 0 Å². The molecule has 3 rings (SSSR count). The molecule has 0 radical (unpaired) electrons. The number of anilines is 1. The molecule has 0 fully saturated rings. The van der Waals surface area contributed by atoms with E-state index in [9.17, 15) is 5.26 Å². The average molecular weight is 310 g/mol. The van der Waals surface area contributed by atoms with Gasteiger partial charge in [-0.2, -0.15) is 14.9 Å². The number of thioether (sulfide) groups is 1. The predicted molar refractivity (Wildman–Crippen MR) is 85.9 cm³/mol. The summed E-state index contributed by atoms with van der Waals surface area (Å²) in [7, 11) is 0. The molecule has 7 heteroatoms. The van der Waals surface area contributed by atoms with Crippen molar-refractivity contribution in [3.63, 3.8) is 0 Å². The molecule has 0 saturated carbocycles. The van der Waals surface area contributed by atoms with Crippen LogP contribution in [-0.4, -0.2) is 32.4 Å². The van der Waals surface area contributed by atoms with Crippen molar-refractivity contribution in [1.82, 2.24) is 19.6 Å². The Morgan fingerprint density at radius 2 is 2.09 bits per heavy atom. The highest BCUT2D eigenvalue weighted by Gasteiger charge is 2.15. The first-order valence-corrected chi connectivity index (χ1v) is 8.00. The van der Waals surface area contributed by atoms with Gasteiger partial charge in [-0.25, -0.2) is 4.98 Å². The average Bonchev–Trinajstić information content (AvgIpc) is 3.03. The van der Waals surface area contributed by atoms with Crippen molar-refractivity contribution < 1.29 is 0 Å². The predicted octanol–water partition coefficient (Wildman–Crippen LogP) is 2.37. The standard InChI is InChI=1S/C15H14N6S/c1-22-15-12(10-16)14(21-13(20-15)5-9-19-21)18-8-4-11-2-6-17-7-3-11/h2-3,5-7,9,18H,4,8H2,1H3. The third-order valence-electron chi connectivity index (χ3n) is 3.26. The molecular weight excluding hydrogens is 296 g/mol. The molecule has 1 N–H and O–H groups in total. The second kappa shape index (κ2) is 6.45. The number of pyridine rings is 1. The quantitative estimate of drug-likeness (QED) is 0.576. The molecule has 0 aliphatic heterocycles. The molecule has 0 aliphatic carbocycles. The van der Waals surface area contributed by atoms with Crippen molar-refractivity contribution in [1.29, 1.82) is 5.26 Å². The monoisotopic (exact) mass is 310 g/mol. The third kappa shape index (κ3) is 2.73. The molecule has 22 heavy (non-hydrogen) atoms. The zero-order valence-corrected chi connectivity index (χ0v) is 12.8. The number of rotatable bonds is 5. The third-order valence-corrected chi connectivity index (χ3v) is 3.94. The van der Waals surface area contributed by atoms with E-state index in [0.29, 0.717) is 23.0 Å². The zero-order valence-electron chi connectivity index (χ0n) is 12.0. The Hall–Kier alpha value is -2.59. The van der Waals surface area contributed by atoms with Crippen LogP contribution in [-0.2, 0) is 6.42 Å². The van der Waals surface area contributed by atoms with Gasteiger partial charge in [0, 0.05) is 25.0 Å². The fourth-order valence-corrected chi connectivity index (χ4v) is 2.74. The van der Waals surface area contributed by atoms with E-state index in [4.69, 9.17) is 0 Å². The minimum absolute atomic E-state index is 0.526. The molecule has 0 bridgehead atoms. The minimum Gasteiger partial charge on any atom is -0.368 e. The number of hydrogen-bond donors (Lipinski definition) is 1. The maximum atomic E-state index is 9.45. The second-order valence-corrected chi connectivity index (χ2v) is 5.38. The second-order valence-electron chi connectivity index (χ2n) is 4.59. The van der Waals surface area contributed by atoms with Gasteiger partial charge in [0.2, 0.25) is 0 Å². The maximum absolute atomic E-state index is 9.45. The molecule has 0 unspecified atom stereocenters. The number of fused-ring (bicyclic) bond motifs is 1. The van der Waals surface area contributed by atoms with Crippen molar-refractivity contribution in [2.45, 2.75) is 11.4 Å². The van der Waals surface area contributed by atoms with Crippen LogP contribution in [0.4, 0.5) is 5.82 Å². The molecule has 6 nitrogen and oxygen atoms in total. The molecule has 0 aromatic carbocycles. The number of aromatic nitrogens is 4. The summed E-state index contributed by atoms with van der Waals surface area (Å²) in [6.45, 7) is 0.700. The van der Waals surface area contributed by atoms with Gasteiger partial charge >= 0.3 is 0 Å². The summed E-state index contributed by atoms with van der Waals surface area (Å²) in [5.74, 6) is 0.691. The Balaban J connectivity index is 1.89. The Kier molecular flexibility index (Phi) is 4.21. The molecule has 3 aromatic rings. The van der Waals surface area contributed by atoms with E-state index in [2.05, 4.69) is 26.5 Å². The van der Waals surface area contributed by atoms with E-state index < -0.39 is 0 Å². The van der Waals surface area contributed by atoms with Crippen LogP contribution in [0, 0.1) is 11.3 Å². The summed E-state index contributed by atoms with van der Waals surface area (Å²) in [4.78, 5) is 8.45. The highest BCUT2D eigenvalue weighted by molar-refractivity contribution is 7.98. The molecule has 0 amide bonds. The normalized spacial score (nSPS) is 10.5. The maximum Gasteiger partial charge on any atom is 0.158 e. The summed E-state index contributed by atoms with van der Waals surface area (Å²) >= 11 is 1.46. The van der Waals surface area contributed by atoms with Crippen LogP contribution in [0.1, 0.15) is 11.1 Å². The van der Waals surface area contributed by atoms with E-state index in [0.717, 1.165) is 12.1 Å². The van der Waals surface area contributed by atoms with E-state index in [1.54, 1.807) is 23.1 Å². The summed E-state index contributed by atoms with van der Waals surface area (Å²) in [5, 5.41) is 17.7. The van der Waals surface area contributed by atoms with Gasteiger partial charge in [-0.1, -0.05) is 0 Å². The lowest BCUT2D eigenvalue weighted by atomic mass is 10.2. The number of nitrogens with one attached hydrogen (secondary N) is 1. The highest BCUT2D eigenvalue weighted by Crippen LogP contribution is 2.25. The lowest BCUT2D eigenvalue weighted by molar-refractivity contribution is 0.888. The van der Waals surface area contributed by atoms with Crippen LogP contribution >= 0.6 is 11.8 Å². The van der Waals surface area contributed by atoms with Crippen LogP contribution in [0.25, 0.3) is 5.65 Å². The molecular formula is C15H14N6S. The van der Waals surface area contributed by atoms with E-state index in [1.165, 1.54) is 17.3 Å². The minimum atomic E-state index is 0.526. The van der Waals surface area contributed by atoms with Gasteiger partial charge in [0.05, 0.1) is 6.20 Å². The number of hydrogen-bond acceptors (Lipinski definition) is 6. The Bertz CT molecular complexity index is 821. The molecule has 110 valence electrons. The van der Waals surface area contributed by atoms with Crippen LogP contribution in [0.3, 0.4) is 0 Å². The first-order valence-electron chi connectivity index (χ1n) is 6.78. The molecule has 0 saturated heterocycles. The molecule has 0 aliphatic rings. The van der Waals surface area contributed by atoms with Gasteiger partial charge in [-0.05, 0) is 30.4 Å². The lowest BCUT2D eigenvalue weighted by Gasteiger charge is -2.12. The summed E-state index contributed by atoms with van der Waals surface area (Å²) < 4.78 is 1.67. The van der Waals surface area contributed by atoms with Gasteiger partial charge in [0.1, 0.15) is 16.7 Å².